The lowest BCUT2D eigenvalue weighted by molar-refractivity contribution is -0.384. The maximum Gasteiger partial charge on any atom is 0.269 e. The summed E-state index contributed by atoms with van der Waals surface area (Å²) in [4.78, 5) is 10.9. The Balaban J connectivity index is 1.79. The molecule has 27 heavy (non-hydrogen) atoms. The molecule has 3 aromatic rings. The van der Waals surface area contributed by atoms with E-state index in [1.54, 1.807) is 30.3 Å². The van der Waals surface area contributed by atoms with Crippen molar-refractivity contribution in [2.45, 2.75) is 10.3 Å². The molecule has 3 aromatic carbocycles. The fourth-order valence-corrected chi connectivity index (χ4v) is 6.75. The predicted molar refractivity (Wildman–Crippen MR) is 106 cm³/mol. The Bertz CT molecular complexity index is 1130. The number of benzene rings is 3. The smallest absolute Gasteiger partial charge is 0.258 e. The summed E-state index contributed by atoms with van der Waals surface area (Å²) in [6.45, 7) is 0.365. The lowest BCUT2D eigenvalue weighted by Gasteiger charge is -2.24. The second kappa shape index (κ2) is 6.95. The standard InChI is InChI=1S/C19H16N2O4S2/c22-21(23)16-8-3-7-15(13-16)19-20(11-12-26-19)27(24,25)18-10-4-6-14-5-1-2-9-17(14)18/h1-10,13,19H,11-12H2/t19-/m0/s1. The summed E-state index contributed by atoms with van der Waals surface area (Å²) in [6, 6.07) is 18.8. The molecule has 1 heterocycles. The van der Waals surface area contributed by atoms with Crippen LogP contribution in [0.2, 0.25) is 0 Å². The second-order valence-electron chi connectivity index (χ2n) is 6.17. The molecule has 1 atom stereocenters. The van der Waals surface area contributed by atoms with Gasteiger partial charge in [0.05, 0.1) is 15.2 Å². The van der Waals surface area contributed by atoms with Crippen LogP contribution in [-0.4, -0.2) is 29.9 Å². The number of sulfonamides is 1. The molecule has 0 unspecified atom stereocenters. The van der Waals surface area contributed by atoms with E-state index in [2.05, 4.69) is 0 Å². The average Bonchev–Trinajstić information content (AvgIpc) is 3.18. The summed E-state index contributed by atoms with van der Waals surface area (Å²) in [5, 5.41) is 12.1. The van der Waals surface area contributed by atoms with Gasteiger partial charge in [0.15, 0.2) is 0 Å². The van der Waals surface area contributed by atoms with Crippen molar-refractivity contribution in [2.75, 3.05) is 12.3 Å². The highest BCUT2D eigenvalue weighted by Crippen LogP contribution is 2.43. The van der Waals surface area contributed by atoms with Crippen LogP contribution in [0.5, 0.6) is 0 Å². The van der Waals surface area contributed by atoms with E-state index >= 15 is 0 Å². The highest BCUT2D eigenvalue weighted by atomic mass is 32.2. The number of hydrogen-bond acceptors (Lipinski definition) is 5. The van der Waals surface area contributed by atoms with Crippen molar-refractivity contribution >= 4 is 38.2 Å². The lowest BCUT2D eigenvalue weighted by Crippen LogP contribution is -2.30. The zero-order chi connectivity index (χ0) is 19.0. The minimum absolute atomic E-state index is 0.0393. The fraction of sp³-hybridized carbons (Fsp3) is 0.158. The molecule has 1 aliphatic heterocycles. The number of nitro groups is 1. The van der Waals surface area contributed by atoms with Crippen LogP contribution in [0.15, 0.2) is 71.6 Å². The first-order chi connectivity index (χ1) is 13.0. The number of thioether (sulfide) groups is 1. The monoisotopic (exact) mass is 400 g/mol. The summed E-state index contributed by atoms with van der Waals surface area (Å²) < 4.78 is 28.3. The quantitative estimate of drug-likeness (QED) is 0.485. The summed E-state index contributed by atoms with van der Waals surface area (Å²) in [5.41, 5.74) is 0.582. The Morgan fingerprint density at radius 2 is 1.78 bits per heavy atom. The molecule has 0 bridgehead atoms. The topological polar surface area (TPSA) is 80.5 Å². The largest absolute Gasteiger partial charge is 0.269 e. The summed E-state index contributed by atoms with van der Waals surface area (Å²) >= 11 is 1.48. The van der Waals surface area contributed by atoms with Crippen molar-refractivity contribution in [1.29, 1.82) is 0 Å². The van der Waals surface area contributed by atoms with Gasteiger partial charge in [-0.2, -0.15) is 4.31 Å². The van der Waals surface area contributed by atoms with Gasteiger partial charge in [0.2, 0.25) is 10.0 Å². The van der Waals surface area contributed by atoms with Crippen LogP contribution < -0.4 is 0 Å². The maximum absolute atomic E-state index is 13.4. The predicted octanol–water partition coefficient (Wildman–Crippen LogP) is 4.18. The third kappa shape index (κ3) is 3.20. The van der Waals surface area contributed by atoms with Crippen molar-refractivity contribution in [2.24, 2.45) is 0 Å². The molecule has 1 aliphatic rings. The molecule has 6 nitrogen and oxygen atoms in total. The van der Waals surface area contributed by atoms with E-state index in [9.17, 15) is 18.5 Å². The van der Waals surface area contributed by atoms with Gasteiger partial charge in [-0.05, 0) is 17.0 Å². The summed E-state index contributed by atoms with van der Waals surface area (Å²) in [6.07, 6.45) is 0. The number of nitro benzene ring substituents is 1. The SMILES string of the molecule is O=[N+]([O-])c1cccc([C@@H]2SCCN2S(=O)(=O)c2cccc3ccccc23)c1. The minimum Gasteiger partial charge on any atom is -0.258 e. The average molecular weight is 400 g/mol. The van der Waals surface area contributed by atoms with Gasteiger partial charge in [-0.3, -0.25) is 10.1 Å². The first-order valence-electron chi connectivity index (χ1n) is 8.34. The van der Waals surface area contributed by atoms with E-state index in [0.29, 0.717) is 23.2 Å². The van der Waals surface area contributed by atoms with Crippen molar-refractivity contribution < 1.29 is 13.3 Å². The third-order valence-corrected chi connectivity index (χ3v) is 7.87. The molecule has 1 saturated heterocycles. The maximum atomic E-state index is 13.4. The third-order valence-electron chi connectivity index (χ3n) is 4.55. The van der Waals surface area contributed by atoms with Gasteiger partial charge in [0.25, 0.3) is 5.69 Å². The van der Waals surface area contributed by atoms with Crippen LogP contribution in [-0.2, 0) is 10.0 Å². The highest BCUT2D eigenvalue weighted by molar-refractivity contribution is 8.01. The molecule has 1 fully saturated rings. The van der Waals surface area contributed by atoms with Crippen molar-refractivity contribution in [3.8, 4) is 0 Å². The Labute approximate surface area is 161 Å². The van der Waals surface area contributed by atoms with Crippen LogP contribution in [0.3, 0.4) is 0 Å². The number of non-ortho nitro benzene ring substituents is 1. The fourth-order valence-electron chi connectivity index (χ4n) is 3.30. The van der Waals surface area contributed by atoms with Crippen LogP contribution in [0.4, 0.5) is 5.69 Å². The van der Waals surface area contributed by atoms with E-state index in [1.165, 1.54) is 28.2 Å². The molecule has 0 aromatic heterocycles. The number of hydrogen-bond donors (Lipinski definition) is 0. The molecule has 0 aliphatic carbocycles. The zero-order valence-electron chi connectivity index (χ0n) is 14.2. The van der Waals surface area contributed by atoms with Gasteiger partial charge in [0.1, 0.15) is 0 Å². The summed E-state index contributed by atoms with van der Waals surface area (Å²) in [5.74, 6) is 0.636. The summed E-state index contributed by atoms with van der Waals surface area (Å²) in [7, 11) is -3.75. The second-order valence-corrected chi connectivity index (χ2v) is 9.22. The molecule has 0 saturated carbocycles. The van der Waals surface area contributed by atoms with E-state index in [0.717, 1.165) is 5.39 Å². The van der Waals surface area contributed by atoms with Gasteiger partial charge in [-0.1, -0.05) is 48.5 Å². The molecule has 138 valence electrons. The highest BCUT2D eigenvalue weighted by Gasteiger charge is 2.38. The zero-order valence-corrected chi connectivity index (χ0v) is 15.8. The molecule has 0 radical (unpaired) electrons. The first kappa shape index (κ1) is 18.0. The van der Waals surface area contributed by atoms with Crippen molar-refractivity contribution in [3.63, 3.8) is 0 Å². The van der Waals surface area contributed by atoms with E-state index in [1.807, 2.05) is 24.3 Å². The van der Waals surface area contributed by atoms with Gasteiger partial charge in [0, 0.05) is 29.8 Å². The van der Waals surface area contributed by atoms with Crippen LogP contribution in [0, 0.1) is 10.1 Å². The Morgan fingerprint density at radius 3 is 2.59 bits per heavy atom. The van der Waals surface area contributed by atoms with Gasteiger partial charge in [-0.25, -0.2) is 8.42 Å². The van der Waals surface area contributed by atoms with Gasteiger partial charge >= 0.3 is 0 Å². The lowest BCUT2D eigenvalue weighted by atomic mass is 10.1. The van der Waals surface area contributed by atoms with E-state index in [-0.39, 0.29) is 10.6 Å². The number of nitrogens with zero attached hydrogens (tertiary/aromatic N) is 2. The van der Waals surface area contributed by atoms with E-state index < -0.39 is 20.3 Å². The molecular weight excluding hydrogens is 384 g/mol. The van der Waals surface area contributed by atoms with Gasteiger partial charge in [-0.15, -0.1) is 11.8 Å². The number of fused-ring (bicyclic) bond motifs is 1. The Kier molecular flexibility index (Phi) is 4.63. The van der Waals surface area contributed by atoms with Gasteiger partial charge < -0.3 is 0 Å². The molecule has 0 N–H and O–H groups in total. The minimum atomic E-state index is -3.75. The molecule has 8 heteroatoms. The van der Waals surface area contributed by atoms with Crippen molar-refractivity contribution in [1.82, 2.24) is 4.31 Å². The van der Waals surface area contributed by atoms with Crippen molar-refractivity contribution in [3.05, 3.63) is 82.4 Å². The number of rotatable bonds is 4. The molecule has 4 rings (SSSR count). The molecule has 0 spiro atoms. The molecular formula is C19H16N2O4S2. The Morgan fingerprint density at radius 1 is 1.04 bits per heavy atom. The van der Waals surface area contributed by atoms with Crippen LogP contribution >= 0.6 is 11.8 Å². The van der Waals surface area contributed by atoms with E-state index in [4.69, 9.17) is 0 Å². The normalized spacial score (nSPS) is 18.0. The van der Waals surface area contributed by atoms with Crippen LogP contribution in [0.1, 0.15) is 10.9 Å². The van der Waals surface area contributed by atoms with Crippen LogP contribution in [0.25, 0.3) is 10.8 Å². The Hall–Kier alpha value is -2.42. The first-order valence-corrected chi connectivity index (χ1v) is 10.8. The molecule has 0 amide bonds.